The number of carboxylic acid groups (broad SMARTS) is 1. The number of amides is 1. The van der Waals surface area contributed by atoms with E-state index in [9.17, 15) is 9.59 Å². The van der Waals surface area contributed by atoms with Crippen LogP contribution in [0.3, 0.4) is 0 Å². The van der Waals surface area contributed by atoms with Gasteiger partial charge in [0, 0.05) is 0 Å². The number of aliphatic hydroxyl groups excluding tert-OH is 2. The maximum absolute atomic E-state index is 11.8. The van der Waals surface area contributed by atoms with Gasteiger partial charge in [0.1, 0.15) is 13.5 Å². The van der Waals surface area contributed by atoms with E-state index in [0.29, 0.717) is 12.8 Å². The van der Waals surface area contributed by atoms with Gasteiger partial charge in [-0.25, -0.2) is 0 Å². The lowest BCUT2D eigenvalue weighted by atomic mass is 9.78. The Hall–Kier alpha value is -1.14. The molecule has 0 spiro atoms. The molecule has 0 aromatic rings. The average molecular weight is 231 g/mol. The van der Waals surface area contributed by atoms with Gasteiger partial charge in [-0.05, 0) is 12.8 Å². The second-order valence-electron chi connectivity index (χ2n) is 4.00. The third-order valence-electron chi connectivity index (χ3n) is 3.05. The summed E-state index contributed by atoms with van der Waals surface area (Å²) in [5, 5.41) is 26.7. The maximum Gasteiger partial charge on any atom is 0.307 e. The number of carboxylic acids is 1. The zero-order chi connectivity index (χ0) is 12.1. The predicted octanol–water partition coefficient (Wildman–Crippen LogP) is -0.394. The molecule has 3 N–H and O–H groups in total. The van der Waals surface area contributed by atoms with Gasteiger partial charge in [-0.15, -0.1) is 0 Å². The monoisotopic (exact) mass is 231 g/mol. The average Bonchev–Trinajstić information content (AvgIpc) is 2.30. The van der Waals surface area contributed by atoms with Crippen LogP contribution < -0.4 is 0 Å². The first-order valence-corrected chi connectivity index (χ1v) is 5.35. The maximum atomic E-state index is 11.8. The molecule has 6 nitrogen and oxygen atoms in total. The molecular formula is C10H17NO5. The fourth-order valence-electron chi connectivity index (χ4n) is 2.14. The summed E-state index contributed by atoms with van der Waals surface area (Å²) in [7, 11) is 0. The highest BCUT2D eigenvalue weighted by atomic mass is 16.4. The van der Waals surface area contributed by atoms with E-state index >= 15 is 0 Å². The summed E-state index contributed by atoms with van der Waals surface area (Å²) in [5.41, 5.74) is 0. The Kier molecular flexibility index (Phi) is 4.70. The van der Waals surface area contributed by atoms with Gasteiger partial charge in [0.15, 0.2) is 0 Å². The Balaban J connectivity index is 2.74. The Morgan fingerprint density at radius 2 is 1.56 bits per heavy atom. The number of carbonyl (C=O) groups excluding carboxylic acids is 1. The minimum absolute atomic E-state index is 0.475. The summed E-state index contributed by atoms with van der Waals surface area (Å²) >= 11 is 0. The summed E-state index contributed by atoms with van der Waals surface area (Å²) < 4.78 is 0. The van der Waals surface area contributed by atoms with Crippen molar-refractivity contribution < 1.29 is 24.9 Å². The van der Waals surface area contributed by atoms with E-state index in [2.05, 4.69) is 0 Å². The molecule has 2 atom stereocenters. The Labute approximate surface area is 93.5 Å². The van der Waals surface area contributed by atoms with Gasteiger partial charge in [-0.1, -0.05) is 12.8 Å². The van der Waals surface area contributed by atoms with Crippen LogP contribution in [-0.2, 0) is 9.59 Å². The fourth-order valence-corrected chi connectivity index (χ4v) is 2.14. The normalized spacial score (nSPS) is 25.1. The lowest BCUT2D eigenvalue weighted by Gasteiger charge is -2.30. The van der Waals surface area contributed by atoms with Gasteiger partial charge in [-0.2, -0.15) is 0 Å². The quantitative estimate of drug-likeness (QED) is 0.572. The van der Waals surface area contributed by atoms with Gasteiger partial charge in [0.2, 0.25) is 5.91 Å². The molecule has 1 aliphatic carbocycles. The SMILES string of the molecule is O=C(O)C1CCCCC1C(=O)N(CO)CO. The second-order valence-corrected chi connectivity index (χ2v) is 4.00. The first-order valence-electron chi connectivity index (χ1n) is 5.35. The first-order chi connectivity index (χ1) is 7.61. The highest BCUT2D eigenvalue weighted by Gasteiger charge is 2.37. The van der Waals surface area contributed by atoms with Crippen molar-refractivity contribution in [2.24, 2.45) is 11.8 Å². The van der Waals surface area contributed by atoms with Crippen LogP contribution in [0, 0.1) is 11.8 Å². The standard InChI is InChI=1S/C10H17NO5/c12-5-11(6-13)9(14)7-3-1-2-4-8(7)10(15)16/h7-8,12-13H,1-6H2,(H,15,16). The van der Waals surface area contributed by atoms with Gasteiger partial charge < -0.3 is 15.3 Å². The van der Waals surface area contributed by atoms with Crippen molar-refractivity contribution in [3.8, 4) is 0 Å². The molecule has 0 aromatic heterocycles. The van der Waals surface area contributed by atoms with Crippen LogP contribution in [0.1, 0.15) is 25.7 Å². The van der Waals surface area contributed by atoms with Gasteiger partial charge >= 0.3 is 5.97 Å². The number of hydrogen-bond acceptors (Lipinski definition) is 4. The molecule has 0 heterocycles. The summed E-state index contributed by atoms with van der Waals surface area (Å²) in [6.45, 7) is -1.17. The lowest BCUT2D eigenvalue weighted by Crippen LogP contribution is -2.43. The van der Waals surface area contributed by atoms with Crippen LogP contribution in [0.15, 0.2) is 0 Å². The highest BCUT2D eigenvalue weighted by Crippen LogP contribution is 2.31. The molecule has 16 heavy (non-hydrogen) atoms. The Morgan fingerprint density at radius 3 is 2.00 bits per heavy atom. The molecule has 6 heteroatoms. The number of carbonyl (C=O) groups is 2. The molecular weight excluding hydrogens is 214 g/mol. The Morgan fingerprint density at radius 1 is 1.06 bits per heavy atom. The van der Waals surface area contributed by atoms with E-state index < -0.39 is 37.2 Å². The number of aliphatic hydroxyl groups is 2. The topological polar surface area (TPSA) is 98.1 Å². The van der Waals surface area contributed by atoms with Crippen molar-refractivity contribution in [2.75, 3.05) is 13.5 Å². The zero-order valence-corrected chi connectivity index (χ0v) is 9.00. The highest BCUT2D eigenvalue weighted by molar-refractivity contribution is 5.84. The van der Waals surface area contributed by atoms with E-state index in [-0.39, 0.29) is 0 Å². The third-order valence-corrected chi connectivity index (χ3v) is 3.05. The molecule has 92 valence electrons. The van der Waals surface area contributed by atoms with Crippen LogP contribution in [0.25, 0.3) is 0 Å². The number of rotatable bonds is 4. The molecule has 1 saturated carbocycles. The summed E-state index contributed by atoms with van der Waals surface area (Å²) in [4.78, 5) is 23.6. The number of hydrogen-bond donors (Lipinski definition) is 3. The summed E-state index contributed by atoms with van der Waals surface area (Å²) in [6, 6.07) is 0. The van der Waals surface area contributed by atoms with E-state index in [0.717, 1.165) is 17.7 Å². The molecule has 1 aliphatic rings. The summed E-state index contributed by atoms with van der Waals surface area (Å²) in [6.07, 6.45) is 2.60. The van der Waals surface area contributed by atoms with Gasteiger partial charge in [-0.3, -0.25) is 14.5 Å². The van der Waals surface area contributed by atoms with Crippen molar-refractivity contribution in [2.45, 2.75) is 25.7 Å². The molecule has 2 unspecified atom stereocenters. The smallest absolute Gasteiger partial charge is 0.307 e. The molecule has 1 rings (SSSR count). The van der Waals surface area contributed by atoms with Gasteiger partial charge in [0.05, 0.1) is 11.8 Å². The molecule has 0 saturated heterocycles. The van der Waals surface area contributed by atoms with Crippen LogP contribution in [0.4, 0.5) is 0 Å². The Bertz CT molecular complexity index is 264. The summed E-state index contributed by atoms with van der Waals surface area (Å²) in [5.74, 6) is -2.77. The van der Waals surface area contributed by atoms with Gasteiger partial charge in [0.25, 0.3) is 0 Å². The first kappa shape index (κ1) is 12.9. The lowest BCUT2D eigenvalue weighted by molar-refractivity contribution is -0.156. The van der Waals surface area contributed by atoms with E-state index in [1.807, 2.05) is 0 Å². The van der Waals surface area contributed by atoms with Crippen LogP contribution in [0.2, 0.25) is 0 Å². The third kappa shape index (κ3) is 2.70. The minimum Gasteiger partial charge on any atom is -0.481 e. The van der Waals surface area contributed by atoms with E-state index in [1.165, 1.54) is 0 Å². The molecule has 1 amide bonds. The largest absolute Gasteiger partial charge is 0.481 e. The van der Waals surface area contributed by atoms with Crippen LogP contribution in [0.5, 0.6) is 0 Å². The van der Waals surface area contributed by atoms with Crippen molar-refractivity contribution in [3.05, 3.63) is 0 Å². The molecule has 0 bridgehead atoms. The zero-order valence-electron chi connectivity index (χ0n) is 9.00. The molecule has 0 aromatic carbocycles. The number of nitrogens with zero attached hydrogens (tertiary/aromatic N) is 1. The van der Waals surface area contributed by atoms with Crippen LogP contribution >= 0.6 is 0 Å². The van der Waals surface area contributed by atoms with Crippen molar-refractivity contribution in [1.82, 2.24) is 4.90 Å². The van der Waals surface area contributed by atoms with E-state index in [4.69, 9.17) is 15.3 Å². The predicted molar refractivity (Wildman–Crippen MR) is 54.1 cm³/mol. The number of aliphatic carboxylic acids is 1. The van der Waals surface area contributed by atoms with Crippen molar-refractivity contribution >= 4 is 11.9 Å². The van der Waals surface area contributed by atoms with Crippen molar-refractivity contribution in [3.63, 3.8) is 0 Å². The van der Waals surface area contributed by atoms with Crippen LogP contribution in [-0.4, -0.2) is 45.6 Å². The van der Waals surface area contributed by atoms with Crippen molar-refractivity contribution in [1.29, 1.82) is 0 Å². The fraction of sp³-hybridized carbons (Fsp3) is 0.800. The molecule has 0 radical (unpaired) electrons. The molecule has 0 aliphatic heterocycles. The minimum atomic E-state index is -0.978. The second kappa shape index (κ2) is 5.81. The molecule has 1 fully saturated rings. The van der Waals surface area contributed by atoms with E-state index in [1.54, 1.807) is 0 Å².